The Kier molecular flexibility index (Phi) is 6.14. The summed E-state index contributed by atoms with van der Waals surface area (Å²) in [6.07, 6.45) is 2.01. The lowest BCUT2D eigenvalue weighted by molar-refractivity contribution is 0.116. The van der Waals surface area contributed by atoms with Gasteiger partial charge in [0.15, 0.2) is 5.96 Å². The van der Waals surface area contributed by atoms with Crippen molar-refractivity contribution in [1.82, 2.24) is 20.4 Å². The van der Waals surface area contributed by atoms with Crippen LogP contribution in [0.2, 0.25) is 0 Å². The van der Waals surface area contributed by atoms with Crippen molar-refractivity contribution in [2.24, 2.45) is 4.99 Å². The molecule has 0 aromatic heterocycles. The van der Waals surface area contributed by atoms with Crippen LogP contribution in [0.1, 0.15) is 25.3 Å². The van der Waals surface area contributed by atoms with E-state index in [4.69, 9.17) is 4.99 Å². The molecule has 1 aromatic carbocycles. The molecule has 1 aromatic rings. The Bertz CT molecular complexity index is 628. The number of benzene rings is 1. The van der Waals surface area contributed by atoms with E-state index in [0.29, 0.717) is 12.6 Å². The monoisotopic (exact) mass is 361 g/mol. The first-order valence-corrected chi connectivity index (χ1v) is 9.70. The van der Waals surface area contributed by atoms with Crippen molar-refractivity contribution in [3.8, 4) is 0 Å². The zero-order valence-electron chi connectivity index (χ0n) is 16.3. The second-order valence-electron chi connectivity index (χ2n) is 7.73. The van der Waals surface area contributed by atoms with Gasteiger partial charge in [-0.3, -0.25) is 9.89 Å². The second kappa shape index (κ2) is 8.35. The van der Waals surface area contributed by atoms with Gasteiger partial charge >= 0.3 is 0 Å². The lowest BCUT2D eigenvalue weighted by Crippen LogP contribution is -2.55. The largest absolute Gasteiger partial charge is 0.357 e. The van der Waals surface area contributed by atoms with Crippen molar-refractivity contribution in [1.29, 1.82) is 0 Å². The summed E-state index contributed by atoms with van der Waals surface area (Å²) in [7, 11) is 4.35. The third-order valence-corrected chi connectivity index (χ3v) is 5.67. The Morgan fingerprint density at radius 2 is 2.00 bits per heavy atom. The van der Waals surface area contributed by atoms with Crippen LogP contribution in [0, 0.1) is 5.82 Å². The second-order valence-corrected chi connectivity index (χ2v) is 7.73. The van der Waals surface area contributed by atoms with Crippen LogP contribution in [0.15, 0.2) is 29.3 Å². The summed E-state index contributed by atoms with van der Waals surface area (Å²) in [6.45, 7) is 7.64. The number of rotatable bonds is 6. The van der Waals surface area contributed by atoms with Crippen molar-refractivity contribution < 1.29 is 4.39 Å². The van der Waals surface area contributed by atoms with Gasteiger partial charge in [0.2, 0.25) is 0 Å². The number of piperazine rings is 1. The van der Waals surface area contributed by atoms with E-state index in [-0.39, 0.29) is 11.2 Å². The Balaban J connectivity index is 1.61. The molecule has 6 heteroatoms. The number of hydrogen-bond acceptors (Lipinski definition) is 3. The molecule has 5 nitrogen and oxygen atoms in total. The molecule has 2 fully saturated rings. The van der Waals surface area contributed by atoms with Crippen LogP contribution in [0.4, 0.5) is 4.39 Å². The summed E-state index contributed by atoms with van der Waals surface area (Å²) in [4.78, 5) is 9.56. The zero-order valence-corrected chi connectivity index (χ0v) is 16.3. The van der Waals surface area contributed by atoms with E-state index >= 15 is 0 Å². The Morgan fingerprint density at radius 3 is 2.69 bits per heavy atom. The molecule has 1 saturated carbocycles. The van der Waals surface area contributed by atoms with Crippen LogP contribution in [0.3, 0.4) is 0 Å². The highest BCUT2D eigenvalue weighted by atomic mass is 19.1. The van der Waals surface area contributed by atoms with Gasteiger partial charge in [-0.15, -0.1) is 0 Å². The highest BCUT2D eigenvalue weighted by molar-refractivity contribution is 5.79. The smallest absolute Gasteiger partial charge is 0.191 e. The molecule has 1 heterocycles. The van der Waals surface area contributed by atoms with Crippen LogP contribution in [-0.4, -0.2) is 75.2 Å². The number of hydrogen-bond donors (Lipinski definition) is 2. The van der Waals surface area contributed by atoms with Gasteiger partial charge in [0, 0.05) is 44.2 Å². The molecule has 0 amide bonds. The molecule has 1 aliphatic heterocycles. The molecular weight excluding hydrogens is 329 g/mol. The van der Waals surface area contributed by atoms with E-state index in [2.05, 4.69) is 41.5 Å². The number of nitrogens with zero attached hydrogens (tertiary/aromatic N) is 3. The molecule has 0 spiro atoms. The molecule has 0 radical (unpaired) electrons. The minimum atomic E-state index is -0.116. The van der Waals surface area contributed by atoms with E-state index in [0.717, 1.165) is 57.1 Å². The first kappa shape index (κ1) is 19.1. The van der Waals surface area contributed by atoms with Crippen molar-refractivity contribution in [3.05, 3.63) is 35.6 Å². The quantitative estimate of drug-likeness (QED) is 0.597. The van der Waals surface area contributed by atoms with Gasteiger partial charge < -0.3 is 15.5 Å². The summed E-state index contributed by atoms with van der Waals surface area (Å²) < 4.78 is 14.2. The van der Waals surface area contributed by atoms with Gasteiger partial charge in [-0.25, -0.2) is 4.39 Å². The van der Waals surface area contributed by atoms with E-state index < -0.39 is 0 Å². The molecule has 2 N–H and O–H groups in total. The minimum Gasteiger partial charge on any atom is -0.357 e. The number of halogens is 1. The average Bonchev–Trinajstić information content (AvgIpc) is 3.41. The minimum absolute atomic E-state index is 0.106. The lowest BCUT2D eigenvalue weighted by atomic mass is 9.95. The zero-order chi connectivity index (χ0) is 18.6. The van der Waals surface area contributed by atoms with E-state index in [1.165, 1.54) is 0 Å². The number of likely N-dealkylation sites (N-methyl/N-ethyl adjacent to an activating group) is 2. The molecule has 144 valence electrons. The van der Waals surface area contributed by atoms with Gasteiger partial charge in [0.05, 0.1) is 6.54 Å². The van der Waals surface area contributed by atoms with Crippen molar-refractivity contribution in [2.75, 3.05) is 53.4 Å². The van der Waals surface area contributed by atoms with Gasteiger partial charge in [-0.1, -0.05) is 18.2 Å². The summed E-state index contributed by atoms with van der Waals surface area (Å²) >= 11 is 0. The van der Waals surface area contributed by atoms with Crippen LogP contribution in [-0.2, 0) is 5.41 Å². The molecule has 1 saturated heterocycles. The highest BCUT2D eigenvalue weighted by Crippen LogP contribution is 2.49. The number of nitrogens with one attached hydrogen (secondary N) is 2. The fourth-order valence-electron chi connectivity index (χ4n) is 3.66. The topological polar surface area (TPSA) is 42.9 Å². The number of guanidine groups is 1. The SMILES string of the molecule is CCNC(=NCC1(c2ccccc2F)CC1)NCC1CN(C)CCN1C. The summed E-state index contributed by atoms with van der Waals surface area (Å²) in [5.74, 6) is 0.724. The third kappa shape index (κ3) is 4.54. The van der Waals surface area contributed by atoms with E-state index in [9.17, 15) is 4.39 Å². The maximum atomic E-state index is 14.2. The Labute approximate surface area is 156 Å². The van der Waals surface area contributed by atoms with E-state index in [1.807, 2.05) is 12.1 Å². The summed E-state index contributed by atoms with van der Waals surface area (Å²) in [5.41, 5.74) is 0.698. The molecular formula is C20H32FN5. The molecule has 1 atom stereocenters. The Morgan fingerprint density at radius 1 is 1.23 bits per heavy atom. The molecule has 1 aliphatic carbocycles. The standard InChI is InChI=1S/C20H32FN5/c1-4-22-19(23-13-16-14-25(2)11-12-26(16)3)24-15-20(9-10-20)17-7-5-6-8-18(17)21/h5-8,16H,4,9-15H2,1-3H3,(H2,22,23,24). The molecule has 2 aliphatic rings. The van der Waals surface area contributed by atoms with Gasteiger partial charge in [0.1, 0.15) is 5.82 Å². The lowest BCUT2D eigenvalue weighted by Gasteiger charge is -2.38. The fraction of sp³-hybridized carbons (Fsp3) is 0.650. The highest BCUT2D eigenvalue weighted by Gasteiger charge is 2.45. The maximum absolute atomic E-state index is 14.2. The predicted molar refractivity (Wildman–Crippen MR) is 105 cm³/mol. The molecule has 0 bridgehead atoms. The summed E-state index contributed by atoms with van der Waals surface area (Å²) in [6, 6.07) is 7.60. The van der Waals surface area contributed by atoms with E-state index in [1.54, 1.807) is 12.1 Å². The molecule has 3 rings (SSSR count). The molecule has 26 heavy (non-hydrogen) atoms. The first-order chi connectivity index (χ1) is 12.5. The van der Waals surface area contributed by atoms with Crippen LogP contribution in [0.25, 0.3) is 0 Å². The summed E-state index contributed by atoms with van der Waals surface area (Å²) in [5, 5.41) is 6.81. The third-order valence-electron chi connectivity index (χ3n) is 5.67. The maximum Gasteiger partial charge on any atom is 0.191 e. The van der Waals surface area contributed by atoms with Crippen molar-refractivity contribution in [2.45, 2.75) is 31.2 Å². The predicted octanol–water partition coefficient (Wildman–Crippen LogP) is 1.66. The van der Waals surface area contributed by atoms with Crippen LogP contribution in [0.5, 0.6) is 0 Å². The average molecular weight is 362 g/mol. The number of aliphatic imine (C=N–C) groups is 1. The first-order valence-electron chi connectivity index (χ1n) is 9.70. The molecule has 1 unspecified atom stereocenters. The van der Waals surface area contributed by atoms with Crippen LogP contribution >= 0.6 is 0 Å². The van der Waals surface area contributed by atoms with Crippen molar-refractivity contribution >= 4 is 5.96 Å². The fourth-order valence-corrected chi connectivity index (χ4v) is 3.66. The van der Waals surface area contributed by atoms with Gasteiger partial charge in [0.25, 0.3) is 0 Å². The van der Waals surface area contributed by atoms with Crippen LogP contribution < -0.4 is 10.6 Å². The Hall–Kier alpha value is -1.66. The van der Waals surface area contributed by atoms with Gasteiger partial charge in [-0.05, 0) is 45.5 Å². The van der Waals surface area contributed by atoms with Gasteiger partial charge in [-0.2, -0.15) is 0 Å². The van der Waals surface area contributed by atoms with Crippen molar-refractivity contribution in [3.63, 3.8) is 0 Å². The normalized spacial score (nSPS) is 23.7.